The van der Waals surface area contributed by atoms with E-state index in [0.29, 0.717) is 6.04 Å². The van der Waals surface area contributed by atoms with Crippen molar-refractivity contribution < 1.29 is 4.74 Å². The normalized spacial score (nSPS) is 13.5. The largest absolute Gasteiger partial charge is 0.379 e. The molecule has 0 saturated carbocycles. The molecule has 1 atom stereocenters. The summed E-state index contributed by atoms with van der Waals surface area (Å²) in [5.74, 6) is 0. The molecule has 0 spiro atoms. The van der Waals surface area contributed by atoms with Crippen molar-refractivity contribution in [3.63, 3.8) is 0 Å². The predicted molar refractivity (Wildman–Crippen MR) is 87.5 cm³/mol. The summed E-state index contributed by atoms with van der Waals surface area (Å²) in [6, 6.07) is 6.48. The van der Waals surface area contributed by atoms with Crippen LogP contribution in [0.3, 0.4) is 0 Å². The van der Waals surface area contributed by atoms with Crippen LogP contribution in [0.25, 0.3) is 0 Å². The first kappa shape index (κ1) is 17.5. The van der Waals surface area contributed by atoms with Crippen molar-refractivity contribution in [2.24, 2.45) is 0 Å². The standard InChI is InChI=1S/C17H28ClNO/c1-6-11-19-16(9-10-17(3,4)20-5)15-12-14(18)8-7-13(15)2/h7-8,12,16,19H,6,9-11H2,1-5H3. The van der Waals surface area contributed by atoms with E-state index in [1.807, 2.05) is 6.07 Å². The van der Waals surface area contributed by atoms with Crippen molar-refractivity contribution in [3.8, 4) is 0 Å². The smallest absolute Gasteiger partial charge is 0.0623 e. The topological polar surface area (TPSA) is 21.3 Å². The molecule has 0 aliphatic heterocycles. The zero-order valence-electron chi connectivity index (χ0n) is 13.4. The van der Waals surface area contributed by atoms with E-state index >= 15 is 0 Å². The summed E-state index contributed by atoms with van der Waals surface area (Å²) in [5.41, 5.74) is 2.51. The Bertz CT molecular complexity index is 417. The van der Waals surface area contributed by atoms with Crippen molar-refractivity contribution in [1.29, 1.82) is 0 Å². The number of benzene rings is 1. The van der Waals surface area contributed by atoms with E-state index in [1.54, 1.807) is 7.11 Å². The number of methoxy groups -OCH3 is 1. The van der Waals surface area contributed by atoms with Gasteiger partial charge in [0.25, 0.3) is 0 Å². The molecule has 0 aliphatic rings. The molecule has 0 bridgehead atoms. The fraction of sp³-hybridized carbons (Fsp3) is 0.647. The Labute approximate surface area is 128 Å². The van der Waals surface area contributed by atoms with E-state index in [9.17, 15) is 0 Å². The maximum atomic E-state index is 6.16. The Hall–Kier alpha value is -0.570. The van der Waals surface area contributed by atoms with Crippen LogP contribution >= 0.6 is 11.6 Å². The van der Waals surface area contributed by atoms with Crippen molar-refractivity contribution >= 4 is 11.6 Å². The number of halogens is 1. The minimum atomic E-state index is -0.0847. The van der Waals surface area contributed by atoms with Crippen LogP contribution in [0.1, 0.15) is 57.2 Å². The van der Waals surface area contributed by atoms with Crippen LogP contribution < -0.4 is 5.32 Å². The highest BCUT2D eigenvalue weighted by Gasteiger charge is 2.21. The van der Waals surface area contributed by atoms with Crippen LogP contribution in [0.5, 0.6) is 0 Å². The molecule has 114 valence electrons. The monoisotopic (exact) mass is 297 g/mol. The van der Waals surface area contributed by atoms with Crippen molar-refractivity contribution in [2.45, 2.75) is 58.6 Å². The summed E-state index contributed by atoms with van der Waals surface area (Å²) in [6.07, 6.45) is 3.18. The van der Waals surface area contributed by atoms with E-state index in [2.05, 4.69) is 45.1 Å². The fourth-order valence-electron chi connectivity index (χ4n) is 2.27. The summed E-state index contributed by atoms with van der Waals surface area (Å²) < 4.78 is 5.53. The van der Waals surface area contributed by atoms with Gasteiger partial charge in [0.2, 0.25) is 0 Å². The van der Waals surface area contributed by atoms with E-state index in [0.717, 1.165) is 30.8 Å². The van der Waals surface area contributed by atoms with Gasteiger partial charge in [-0.2, -0.15) is 0 Å². The van der Waals surface area contributed by atoms with Gasteiger partial charge in [0.1, 0.15) is 0 Å². The Balaban J connectivity index is 2.85. The quantitative estimate of drug-likeness (QED) is 0.737. The Morgan fingerprint density at radius 3 is 2.65 bits per heavy atom. The molecule has 3 heteroatoms. The molecule has 0 heterocycles. The molecular weight excluding hydrogens is 270 g/mol. The first-order chi connectivity index (χ1) is 9.39. The van der Waals surface area contributed by atoms with Crippen LogP contribution in [0.15, 0.2) is 18.2 Å². The molecule has 1 N–H and O–H groups in total. The molecule has 1 aromatic rings. The lowest BCUT2D eigenvalue weighted by molar-refractivity contribution is 0.0116. The lowest BCUT2D eigenvalue weighted by Gasteiger charge is -2.27. The Morgan fingerprint density at radius 1 is 1.35 bits per heavy atom. The van der Waals surface area contributed by atoms with E-state index in [4.69, 9.17) is 16.3 Å². The summed E-state index contributed by atoms with van der Waals surface area (Å²) >= 11 is 6.16. The van der Waals surface area contributed by atoms with E-state index in [-0.39, 0.29) is 5.60 Å². The van der Waals surface area contributed by atoms with Gasteiger partial charge in [-0.1, -0.05) is 24.6 Å². The minimum Gasteiger partial charge on any atom is -0.379 e. The molecule has 1 rings (SSSR count). The molecule has 0 amide bonds. The lowest BCUT2D eigenvalue weighted by atomic mass is 9.92. The zero-order valence-corrected chi connectivity index (χ0v) is 14.2. The Kier molecular flexibility index (Phi) is 7.01. The average Bonchev–Trinajstić information content (AvgIpc) is 2.42. The van der Waals surface area contributed by atoms with Crippen LogP contribution in [-0.2, 0) is 4.74 Å². The molecule has 2 nitrogen and oxygen atoms in total. The molecule has 0 aliphatic carbocycles. The molecule has 1 aromatic carbocycles. The van der Waals surface area contributed by atoms with E-state index < -0.39 is 0 Å². The molecule has 1 unspecified atom stereocenters. The third-order valence-corrected chi connectivity index (χ3v) is 4.08. The van der Waals surface area contributed by atoms with Gasteiger partial charge in [0.05, 0.1) is 5.60 Å². The van der Waals surface area contributed by atoms with Crippen molar-refractivity contribution in [3.05, 3.63) is 34.3 Å². The highest BCUT2D eigenvalue weighted by Crippen LogP contribution is 2.28. The van der Waals surface area contributed by atoms with Gasteiger partial charge in [-0.15, -0.1) is 0 Å². The third kappa shape index (κ3) is 5.43. The van der Waals surface area contributed by atoms with Crippen LogP contribution in [0, 0.1) is 6.92 Å². The fourth-order valence-corrected chi connectivity index (χ4v) is 2.45. The van der Waals surface area contributed by atoms with Crippen molar-refractivity contribution in [2.75, 3.05) is 13.7 Å². The molecule has 20 heavy (non-hydrogen) atoms. The van der Waals surface area contributed by atoms with Crippen LogP contribution in [0.2, 0.25) is 5.02 Å². The maximum Gasteiger partial charge on any atom is 0.0623 e. The highest BCUT2D eigenvalue weighted by molar-refractivity contribution is 6.30. The summed E-state index contributed by atoms with van der Waals surface area (Å²) in [4.78, 5) is 0. The SMILES string of the molecule is CCCNC(CCC(C)(C)OC)c1cc(Cl)ccc1C. The van der Waals surface area contributed by atoms with Gasteiger partial charge >= 0.3 is 0 Å². The first-order valence-electron chi connectivity index (χ1n) is 7.44. The Morgan fingerprint density at radius 2 is 2.05 bits per heavy atom. The van der Waals surface area contributed by atoms with Gasteiger partial charge < -0.3 is 10.1 Å². The summed E-state index contributed by atoms with van der Waals surface area (Å²) in [6.45, 7) is 9.62. The highest BCUT2D eigenvalue weighted by atomic mass is 35.5. The number of hydrogen-bond donors (Lipinski definition) is 1. The first-order valence-corrected chi connectivity index (χ1v) is 7.82. The molecular formula is C17H28ClNO. The van der Waals surface area contributed by atoms with Gasteiger partial charge in [0, 0.05) is 18.2 Å². The molecule has 0 radical (unpaired) electrons. The van der Waals surface area contributed by atoms with Gasteiger partial charge in [-0.05, 0) is 69.8 Å². The summed E-state index contributed by atoms with van der Waals surface area (Å²) in [5, 5.41) is 4.44. The number of aryl methyl sites for hydroxylation is 1. The van der Waals surface area contributed by atoms with Gasteiger partial charge in [-0.25, -0.2) is 0 Å². The number of hydrogen-bond acceptors (Lipinski definition) is 2. The summed E-state index contributed by atoms with van der Waals surface area (Å²) in [7, 11) is 1.78. The van der Waals surface area contributed by atoms with Crippen LogP contribution in [0.4, 0.5) is 0 Å². The van der Waals surface area contributed by atoms with Gasteiger partial charge in [0.15, 0.2) is 0 Å². The molecule has 0 aromatic heterocycles. The second-order valence-corrected chi connectivity index (χ2v) is 6.45. The number of rotatable bonds is 8. The second-order valence-electron chi connectivity index (χ2n) is 6.01. The zero-order chi connectivity index (χ0) is 15.2. The molecule has 0 saturated heterocycles. The lowest BCUT2D eigenvalue weighted by Crippen LogP contribution is -2.28. The number of nitrogens with one attached hydrogen (secondary N) is 1. The second kappa shape index (κ2) is 8.02. The average molecular weight is 298 g/mol. The minimum absolute atomic E-state index is 0.0847. The van der Waals surface area contributed by atoms with Gasteiger partial charge in [-0.3, -0.25) is 0 Å². The van der Waals surface area contributed by atoms with Crippen molar-refractivity contribution in [1.82, 2.24) is 5.32 Å². The van der Waals surface area contributed by atoms with E-state index in [1.165, 1.54) is 11.1 Å². The maximum absolute atomic E-state index is 6.16. The predicted octanol–water partition coefficient (Wildman–Crippen LogP) is 4.89. The molecule has 0 fully saturated rings. The van der Waals surface area contributed by atoms with Crippen LogP contribution in [-0.4, -0.2) is 19.3 Å². The third-order valence-electron chi connectivity index (χ3n) is 3.85. The number of ether oxygens (including phenoxy) is 1.